The van der Waals surface area contributed by atoms with Gasteiger partial charge in [-0.3, -0.25) is 0 Å². The largest absolute Gasteiger partial charge is 0.350 e. The van der Waals surface area contributed by atoms with Crippen molar-refractivity contribution in [3.05, 3.63) is 35.8 Å². The van der Waals surface area contributed by atoms with Crippen molar-refractivity contribution >= 4 is 10.9 Å². The molecule has 0 radical (unpaired) electrons. The number of likely N-dealkylation sites (N-methyl/N-ethyl adjacent to an activating group) is 1. The Labute approximate surface area is 101 Å². The number of nitrogens with one attached hydrogen (secondary N) is 1. The molecule has 0 aliphatic heterocycles. The lowest BCUT2D eigenvalue weighted by Gasteiger charge is -2.24. The maximum atomic E-state index is 13.2. The van der Waals surface area contributed by atoms with Crippen LogP contribution in [0.3, 0.4) is 0 Å². The third-order valence-electron chi connectivity index (χ3n) is 3.30. The minimum absolute atomic E-state index is 0.0338. The minimum Gasteiger partial charge on any atom is -0.350 e. The summed E-state index contributed by atoms with van der Waals surface area (Å²) in [4.78, 5) is 0. The molecule has 0 saturated heterocycles. The first-order valence-corrected chi connectivity index (χ1v) is 5.85. The van der Waals surface area contributed by atoms with E-state index < -0.39 is 0 Å². The van der Waals surface area contributed by atoms with Gasteiger partial charge in [-0.15, -0.1) is 0 Å². The molecule has 0 saturated carbocycles. The fourth-order valence-corrected chi connectivity index (χ4v) is 2.43. The van der Waals surface area contributed by atoms with Crippen LogP contribution in [0.25, 0.3) is 10.9 Å². The van der Waals surface area contributed by atoms with E-state index in [9.17, 15) is 4.39 Å². The fourth-order valence-electron chi connectivity index (χ4n) is 2.43. The first kappa shape index (κ1) is 12.1. The number of fused-ring (bicyclic) bond motifs is 1. The van der Waals surface area contributed by atoms with Crippen LogP contribution < -0.4 is 5.32 Å². The fraction of sp³-hybridized carbons (Fsp3) is 0.429. The third-order valence-corrected chi connectivity index (χ3v) is 3.30. The van der Waals surface area contributed by atoms with E-state index in [0.29, 0.717) is 0 Å². The maximum Gasteiger partial charge on any atom is 0.125 e. The van der Waals surface area contributed by atoms with Gasteiger partial charge in [-0.05, 0) is 30.8 Å². The maximum absolute atomic E-state index is 13.2. The van der Waals surface area contributed by atoms with Gasteiger partial charge in [0, 0.05) is 30.6 Å². The highest BCUT2D eigenvalue weighted by Gasteiger charge is 2.24. The van der Waals surface area contributed by atoms with Crippen LogP contribution in [0.15, 0.2) is 24.4 Å². The van der Waals surface area contributed by atoms with Gasteiger partial charge >= 0.3 is 0 Å². The Morgan fingerprint density at radius 1 is 1.35 bits per heavy atom. The molecule has 0 unspecified atom stereocenters. The monoisotopic (exact) mass is 234 g/mol. The van der Waals surface area contributed by atoms with Crippen molar-refractivity contribution in [1.82, 2.24) is 9.88 Å². The zero-order valence-electron chi connectivity index (χ0n) is 10.8. The molecular formula is C14H19FN2. The van der Waals surface area contributed by atoms with Crippen molar-refractivity contribution in [2.24, 2.45) is 7.05 Å². The molecule has 0 spiro atoms. The second-order valence-electron chi connectivity index (χ2n) is 5.23. The molecule has 92 valence electrons. The molecule has 2 nitrogen and oxygen atoms in total. The number of halogens is 1. The van der Waals surface area contributed by atoms with Gasteiger partial charge in [-0.1, -0.05) is 13.8 Å². The second kappa shape index (κ2) is 4.15. The third kappa shape index (κ3) is 2.07. The van der Waals surface area contributed by atoms with Gasteiger partial charge in [-0.2, -0.15) is 0 Å². The topological polar surface area (TPSA) is 17.0 Å². The number of hydrogen-bond acceptors (Lipinski definition) is 1. The zero-order chi connectivity index (χ0) is 12.6. The zero-order valence-corrected chi connectivity index (χ0v) is 10.8. The van der Waals surface area contributed by atoms with Gasteiger partial charge in [0.05, 0.1) is 5.52 Å². The number of hydrogen-bond donors (Lipinski definition) is 1. The Bertz CT molecular complexity index is 540. The summed E-state index contributed by atoms with van der Waals surface area (Å²) in [6, 6.07) is 4.99. The Morgan fingerprint density at radius 3 is 2.71 bits per heavy atom. The number of rotatable bonds is 3. The summed E-state index contributed by atoms with van der Waals surface area (Å²) < 4.78 is 15.2. The Kier molecular flexibility index (Phi) is 2.96. The molecular weight excluding hydrogens is 215 g/mol. The lowest BCUT2D eigenvalue weighted by molar-refractivity contribution is 0.496. The average molecular weight is 234 g/mol. The summed E-state index contributed by atoms with van der Waals surface area (Å²) in [5.41, 5.74) is 2.24. The van der Waals surface area contributed by atoms with E-state index in [1.807, 2.05) is 24.7 Å². The average Bonchev–Trinajstić information content (AvgIpc) is 2.57. The SMILES string of the molecule is CNCC(C)(C)c1cn(C)c2cc(F)ccc12. The van der Waals surface area contributed by atoms with Crippen LogP contribution in [-0.4, -0.2) is 18.2 Å². The Morgan fingerprint density at radius 2 is 2.06 bits per heavy atom. The van der Waals surface area contributed by atoms with Gasteiger partial charge in [0.25, 0.3) is 0 Å². The lowest BCUT2D eigenvalue weighted by atomic mass is 9.84. The molecule has 0 amide bonds. The molecule has 1 aromatic heterocycles. The lowest BCUT2D eigenvalue weighted by Crippen LogP contribution is -2.30. The number of nitrogens with zero attached hydrogens (tertiary/aromatic N) is 1. The van der Waals surface area contributed by atoms with E-state index in [0.717, 1.165) is 17.4 Å². The molecule has 0 atom stereocenters. The Balaban J connectivity index is 2.63. The molecule has 0 aliphatic carbocycles. The van der Waals surface area contributed by atoms with Crippen molar-refractivity contribution in [2.75, 3.05) is 13.6 Å². The van der Waals surface area contributed by atoms with Crippen LogP contribution in [0.1, 0.15) is 19.4 Å². The summed E-state index contributed by atoms with van der Waals surface area (Å²) >= 11 is 0. The predicted molar refractivity (Wildman–Crippen MR) is 69.8 cm³/mol. The molecule has 2 aromatic rings. The van der Waals surface area contributed by atoms with E-state index in [1.54, 1.807) is 6.07 Å². The standard InChI is InChI=1S/C14H19FN2/c1-14(2,9-16-3)12-8-17(4)13-7-10(15)5-6-11(12)13/h5-8,16H,9H2,1-4H3. The molecule has 17 heavy (non-hydrogen) atoms. The summed E-state index contributed by atoms with van der Waals surface area (Å²) in [7, 11) is 3.91. The molecule has 1 heterocycles. The number of aryl methyl sites for hydroxylation is 1. The number of benzene rings is 1. The minimum atomic E-state index is -0.184. The number of aromatic nitrogens is 1. The molecule has 0 fully saturated rings. The van der Waals surface area contributed by atoms with Crippen LogP contribution in [0.2, 0.25) is 0 Å². The molecule has 2 rings (SSSR count). The van der Waals surface area contributed by atoms with Crippen LogP contribution in [0, 0.1) is 5.82 Å². The van der Waals surface area contributed by atoms with Crippen LogP contribution in [0.5, 0.6) is 0 Å². The van der Waals surface area contributed by atoms with Crippen molar-refractivity contribution in [3.8, 4) is 0 Å². The first-order chi connectivity index (χ1) is 7.95. The molecule has 1 N–H and O–H groups in total. The summed E-state index contributed by atoms with van der Waals surface area (Å²) in [5, 5.41) is 4.34. The van der Waals surface area contributed by atoms with Gasteiger partial charge in [-0.25, -0.2) is 4.39 Å². The van der Waals surface area contributed by atoms with Gasteiger partial charge in [0.2, 0.25) is 0 Å². The normalized spacial score (nSPS) is 12.3. The molecule has 1 aromatic carbocycles. The molecule has 0 aliphatic rings. The smallest absolute Gasteiger partial charge is 0.125 e. The van der Waals surface area contributed by atoms with Gasteiger partial charge in [0.1, 0.15) is 5.82 Å². The van der Waals surface area contributed by atoms with Crippen LogP contribution >= 0.6 is 0 Å². The molecule has 0 bridgehead atoms. The first-order valence-electron chi connectivity index (χ1n) is 5.85. The summed E-state index contributed by atoms with van der Waals surface area (Å²) in [5.74, 6) is -0.184. The van der Waals surface area contributed by atoms with Crippen molar-refractivity contribution in [3.63, 3.8) is 0 Å². The van der Waals surface area contributed by atoms with Gasteiger partial charge < -0.3 is 9.88 Å². The highest BCUT2D eigenvalue weighted by molar-refractivity contribution is 5.85. The van der Waals surface area contributed by atoms with E-state index in [1.165, 1.54) is 11.6 Å². The Hall–Kier alpha value is -1.35. The van der Waals surface area contributed by atoms with E-state index in [4.69, 9.17) is 0 Å². The summed E-state index contributed by atoms with van der Waals surface area (Å²) in [6.45, 7) is 5.28. The predicted octanol–water partition coefficient (Wildman–Crippen LogP) is 2.81. The van der Waals surface area contributed by atoms with Crippen molar-refractivity contribution in [2.45, 2.75) is 19.3 Å². The van der Waals surface area contributed by atoms with E-state index in [2.05, 4.69) is 25.4 Å². The van der Waals surface area contributed by atoms with E-state index >= 15 is 0 Å². The van der Waals surface area contributed by atoms with Crippen LogP contribution in [-0.2, 0) is 12.5 Å². The van der Waals surface area contributed by atoms with Gasteiger partial charge in [0.15, 0.2) is 0 Å². The highest BCUT2D eigenvalue weighted by Crippen LogP contribution is 2.31. The van der Waals surface area contributed by atoms with Crippen molar-refractivity contribution in [1.29, 1.82) is 0 Å². The van der Waals surface area contributed by atoms with E-state index in [-0.39, 0.29) is 11.2 Å². The molecule has 3 heteroatoms. The van der Waals surface area contributed by atoms with Crippen LogP contribution in [0.4, 0.5) is 4.39 Å². The highest BCUT2D eigenvalue weighted by atomic mass is 19.1. The van der Waals surface area contributed by atoms with Crippen molar-refractivity contribution < 1.29 is 4.39 Å². The quantitative estimate of drug-likeness (QED) is 0.864. The summed E-state index contributed by atoms with van der Waals surface area (Å²) in [6.07, 6.45) is 2.10. The second-order valence-corrected chi connectivity index (χ2v) is 5.23.